The number of rotatable bonds is 2. The molecule has 0 saturated carbocycles. The van der Waals surface area contributed by atoms with Gasteiger partial charge in [0.1, 0.15) is 5.65 Å². The number of benzene rings is 1. The van der Waals surface area contributed by atoms with E-state index in [-0.39, 0.29) is 5.91 Å². The van der Waals surface area contributed by atoms with Gasteiger partial charge >= 0.3 is 0 Å². The third kappa shape index (κ3) is 2.90. The third-order valence-electron chi connectivity index (χ3n) is 6.32. The Hall–Kier alpha value is -2.66. The van der Waals surface area contributed by atoms with Crippen LogP contribution in [0.3, 0.4) is 0 Å². The maximum absolute atomic E-state index is 12.0. The van der Waals surface area contributed by atoms with Crippen LogP contribution in [0.2, 0.25) is 0 Å². The first kappa shape index (κ1) is 17.4. The van der Waals surface area contributed by atoms with Gasteiger partial charge in [-0.3, -0.25) is 4.79 Å². The highest BCUT2D eigenvalue weighted by atomic mass is 16.2. The number of amides is 1. The lowest BCUT2D eigenvalue weighted by molar-refractivity contribution is -0.129. The molecule has 5 nitrogen and oxygen atoms in total. The van der Waals surface area contributed by atoms with E-state index in [0.717, 1.165) is 30.7 Å². The second-order valence-electron chi connectivity index (χ2n) is 8.13. The highest BCUT2D eigenvalue weighted by molar-refractivity contribution is 5.84. The number of carbonyl (C=O) groups is 1. The van der Waals surface area contributed by atoms with E-state index >= 15 is 0 Å². The van der Waals surface area contributed by atoms with Crippen LogP contribution in [0, 0.1) is 6.92 Å². The molecule has 0 spiro atoms. The van der Waals surface area contributed by atoms with E-state index in [1.165, 1.54) is 46.0 Å². The second kappa shape index (κ2) is 6.74. The SMILES string of the molecule is CC(=O)N1CCc2c(cc(-c3cnc4[nH]cc(C)c4c3)cc2C2CCCN2)C1. The zero-order valence-electron chi connectivity index (χ0n) is 16.5. The van der Waals surface area contributed by atoms with Crippen LogP contribution < -0.4 is 5.32 Å². The van der Waals surface area contributed by atoms with Gasteiger partial charge in [0.05, 0.1) is 0 Å². The van der Waals surface area contributed by atoms with E-state index in [0.29, 0.717) is 12.6 Å². The van der Waals surface area contributed by atoms with Crippen LogP contribution in [0.1, 0.15) is 48.1 Å². The van der Waals surface area contributed by atoms with Crippen LogP contribution in [-0.4, -0.2) is 33.9 Å². The number of aromatic amines is 1. The zero-order chi connectivity index (χ0) is 19.3. The molecule has 1 amide bonds. The van der Waals surface area contributed by atoms with Gasteiger partial charge in [0.2, 0.25) is 5.91 Å². The van der Waals surface area contributed by atoms with Crippen LogP contribution in [0.5, 0.6) is 0 Å². The zero-order valence-corrected chi connectivity index (χ0v) is 16.5. The van der Waals surface area contributed by atoms with E-state index < -0.39 is 0 Å². The summed E-state index contributed by atoms with van der Waals surface area (Å²) in [5, 5.41) is 4.84. The molecular weight excluding hydrogens is 348 g/mol. The highest BCUT2D eigenvalue weighted by Crippen LogP contribution is 2.36. The smallest absolute Gasteiger partial charge is 0.219 e. The molecule has 0 radical (unpaired) electrons. The summed E-state index contributed by atoms with van der Waals surface area (Å²) in [6.45, 7) is 6.38. The van der Waals surface area contributed by atoms with E-state index in [2.05, 4.69) is 40.4 Å². The number of nitrogens with one attached hydrogen (secondary N) is 2. The van der Waals surface area contributed by atoms with Gasteiger partial charge in [-0.05, 0) is 78.7 Å². The Labute approximate surface area is 165 Å². The van der Waals surface area contributed by atoms with Crippen molar-refractivity contribution in [1.29, 1.82) is 0 Å². The van der Waals surface area contributed by atoms with Gasteiger partial charge in [-0.1, -0.05) is 0 Å². The Kier molecular flexibility index (Phi) is 4.20. The lowest BCUT2D eigenvalue weighted by atomic mass is 9.87. The predicted octanol–water partition coefficient (Wildman–Crippen LogP) is 3.87. The highest BCUT2D eigenvalue weighted by Gasteiger charge is 2.26. The normalized spacial score (nSPS) is 19.2. The summed E-state index contributed by atoms with van der Waals surface area (Å²) in [7, 11) is 0. The number of carbonyl (C=O) groups excluding carboxylic acids is 1. The molecule has 1 saturated heterocycles. The van der Waals surface area contributed by atoms with Crippen molar-refractivity contribution in [3.05, 3.63) is 52.8 Å². The average Bonchev–Trinajstić information content (AvgIpc) is 3.37. The number of aryl methyl sites for hydroxylation is 1. The molecule has 4 heterocycles. The first-order valence-electron chi connectivity index (χ1n) is 10.2. The molecule has 28 heavy (non-hydrogen) atoms. The number of hydrogen-bond acceptors (Lipinski definition) is 3. The largest absolute Gasteiger partial charge is 0.346 e. The molecule has 1 unspecified atom stereocenters. The molecule has 0 aliphatic carbocycles. The van der Waals surface area contributed by atoms with Crippen molar-refractivity contribution in [2.45, 2.75) is 45.7 Å². The first-order valence-corrected chi connectivity index (χ1v) is 10.2. The molecule has 5 rings (SSSR count). The predicted molar refractivity (Wildman–Crippen MR) is 111 cm³/mol. The molecule has 1 fully saturated rings. The van der Waals surface area contributed by atoms with Crippen LogP contribution >= 0.6 is 0 Å². The van der Waals surface area contributed by atoms with E-state index in [1.54, 1.807) is 6.92 Å². The Balaban J connectivity index is 1.64. The topological polar surface area (TPSA) is 61.0 Å². The summed E-state index contributed by atoms with van der Waals surface area (Å²) in [4.78, 5) is 21.8. The number of aromatic nitrogens is 2. The van der Waals surface area contributed by atoms with Crippen LogP contribution in [-0.2, 0) is 17.8 Å². The Morgan fingerprint density at radius 1 is 1.25 bits per heavy atom. The van der Waals surface area contributed by atoms with E-state index in [1.807, 2.05) is 17.3 Å². The summed E-state index contributed by atoms with van der Waals surface area (Å²) in [6, 6.07) is 7.28. The van der Waals surface area contributed by atoms with Crippen molar-refractivity contribution in [2.75, 3.05) is 13.1 Å². The monoisotopic (exact) mass is 374 g/mol. The number of fused-ring (bicyclic) bond motifs is 2. The van der Waals surface area contributed by atoms with Crippen LogP contribution in [0.25, 0.3) is 22.2 Å². The Bertz CT molecular complexity index is 1060. The minimum Gasteiger partial charge on any atom is -0.346 e. The lowest BCUT2D eigenvalue weighted by Gasteiger charge is -2.31. The summed E-state index contributed by atoms with van der Waals surface area (Å²) in [5.74, 6) is 0.155. The fraction of sp³-hybridized carbons (Fsp3) is 0.391. The first-order chi connectivity index (χ1) is 13.6. The minimum absolute atomic E-state index is 0.155. The van der Waals surface area contributed by atoms with Crippen molar-refractivity contribution < 1.29 is 4.79 Å². The molecule has 2 aliphatic rings. The van der Waals surface area contributed by atoms with Gasteiger partial charge in [0.15, 0.2) is 0 Å². The van der Waals surface area contributed by atoms with Gasteiger partial charge in [-0.25, -0.2) is 4.98 Å². The number of pyridine rings is 1. The van der Waals surface area contributed by atoms with Gasteiger partial charge in [-0.2, -0.15) is 0 Å². The molecule has 5 heteroatoms. The maximum atomic E-state index is 12.0. The molecule has 2 aromatic heterocycles. The van der Waals surface area contributed by atoms with Gasteiger partial charge in [0, 0.05) is 49.4 Å². The van der Waals surface area contributed by atoms with Crippen LogP contribution in [0.15, 0.2) is 30.6 Å². The van der Waals surface area contributed by atoms with Gasteiger partial charge in [-0.15, -0.1) is 0 Å². The molecule has 1 aromatic carbocycles. The maximum Gasteiger partial charge on any atom is 0.219 e. The third-order valence-corrected chi connectivity index (χ3v) is 6.32. The molecule has 144 valence electrons. The summed E-state index contributed by atoms with van der Waals surface area (Å²) in [6.07, 6.45) is 7.31. The van der Waals surface area contributed by atoms with Crippen molar-refractivity contribution >= 4 is 16.9 Å². The van der Waals surface area contributed by atoms with Crippen LogP contribution in [0.4, 0.5) is 0 Å². The summed E-state index contributed by atoms with van der Waals surface area (Å²) in [5.41, 5.74) is 8.61. The van der Waals surface area contributed by atoms with Crippen molar-refractivity contribution in [2.24, 2.45) is 0 Å². The molecular formula is C23H26N4O. The molecule has 3 aromatic rings. The molecule has 0 bridgehead atoms. The van der Waals surface area contributed by atoms with Gasteiger partial charge < -0.3 is 15.2 Å². The summed E-state index contributed by atoms with van der Waals surface area (Å²) < 4.78 is 0. The van der Waals surface area contributed by atoms with E-state index in [4.69, 9.17) is 0 Å². The second-order valence-corrected chi connectivity index (χ2v) is 8.13. The quantitative estimate of drug-likeness (QED) is 0.716. The Morgan fingerprint density at radius 2 is 2.14 bits per heavy atom. The molecule has 2 aliphatic heterocycles. The Morgan fingerprint density at radius 3 is 2.93 bits per heavy atom. The lowest BCUT2D eigenvalue weighted by Crippen LogP contribution is -2.35. The van der Waals surface area contributed by atoms with Crippen molar-refractivity contribution in [3.8, 4) is 11.1 Å². The number of hydrogen-bond donors (Lipinski definition) is 2. The minimum atomic E-state index is 0.155. The van der Waals surface area contributed by atoms with Gasteiger partial charge in [0.25, 0.3) is 0 Å². The standard InChI is InChI=1S/C23H26N4O/c1-14-11-25-23-20(14)10-17(12-26-23)16-8-18-13-27(15(2)28)7-5-19(18)21(9-16)22-4-3-6-24-22/h8-12,22,24H,3-7,13H2,1-2H3,(H,25,26). The number of nitrogens with zero attached hydrogens (tertiary/aromatic N) is 2. The fourth-order valence-electron chi connectivity index (χ4n) is 4.72. The molecule has 1 atom stereocenters. The van der Waals surface area contributed by atoms with E-state index in [9.17, 15) is 4.79 Å². The average molecular weight is 374 g/mol. The van der Waals surface area contributed by atoms with Crippen molar-refractivity contribution in [3.63, 3.8) is 0 Å². The van der Waals surface area contributed by atoms with Crippen molar-refractivity contribution in [1.82, 2.24) is 20.2 Å². The fourth-order valence-corrected chi connectivity index (χ4v) is 4.72. The number of H-pyrrole nitrogens is 1. The molecule has 2 N–H and O–H groups in total. The summed E-state index contributed by atoms with van der Waals surface area (Å²) >= 11 is 0.